The maximum absolute atomic E-state index is 12.5. The van der Waals surface area contributed by atoms with Gasteiger partial charge in [-0.3, -0.25) is 4.98 Å². The fraction of sp³-hybridized carbons (Fsp3) is 0.421. The Bertz CT molecular complexity index is 791. The molecule has 2 atom stereocenters. The molecule has 5 nitrogen and oxygen atoms in total. The predicted octanol–water partition coefficient (Wildman–Crippen LogP) is 3.36. The van der Waals surface area contributed by atoms with Crippen LogP contribution in [0.1, 0.15) is 37.8 Å². The van der Waals surface area contributed by atoms with Crippen molar-refractivity contribution in [2.24, 2.45) is 0 Å². The van der Waals surface area contributed by atoms with Crippen molar-refractivity contribution in [2.45, 2.75) is 51.1 Å². The molecule has 1 aliphatic heterocycles. The summed E-state index contributed by atoms with van der Waals surface area (Å²) >= 11 is 0. The fourth-order valence-electron chi connectivity index (χ4n) is 3.02. The molecule has 0 amide bonds. The van der Waals surface area contributed by atoms with Crippen LogP contribution < -0.4 is 4.74 Å². The van der Waals surface area contributed by atoms with Gasteiger partial charge in [0, 0.05) is 30.5 Å². The van der Waals surface area contributed by atoms with E-state index in [1.807, 2.05) is 43.3 Å². The zero-order chi connectivity index (χ0) is 17.9. The summed E-state index contributed by atoms with van der Waals surface area (Å²) in [6.45, 7) is 4.65. The number of rotatable bonds is 5. The van der Waals surface area contributed by atoms with Crippen molar-refractivity contribution in [3.63, 3.8) is 0 Å². The highest BCUT2D eigenvalue weighted by Gasteiger charge is 2.36. The lowest BCUT2D eigenvalue weighted by Crippen LogP contribution is -2.46. The first-order valence-electron chi connectivity index (χ1n) is 8.58. The van der Waals surface area contributed by atoms with Gasteiger partial charge in [-0.05, 0) is 50.5 Å². The fourth-order valence-corrected chi connectivity index (χ4v) is 4.85. The third-order valence-corrected chi connectivity index (χ3v) is 7.10. The second kappa shape index (κ2) is 7.54. The first-order valence-corrected chi connectivity index (χ1v) is 10.1. The third-order valence-electron chi connectivity index (χ3n) is 4.71. The zero-order valence-electron chi connectivity index (χ0n) is 14.6. The van der Waals surface area contributed by atoms with Crippen molar-refractivity contribution in [1.82, 2.24) is 9.29 Å². The largest absolute Gasteiger partial charge is 0.489 e. The van der Waals surface area contributed by atoms with Crippen molar-refractivity contribution in [3.8, 4) is 5.75 Å². The minimum atomic E-state index is -3.21. The van der Waals surface area contributed by atoms with Gasteiger partial charge in [-0.15, -0.1) is 0 Å². The topological polar surface area (TPSA) is 59.5 Å². The molecule has 6 heteroatoms. The van der Waals surface area contributed by atoms with Gasteiger partial charge in [0.05, 0.1) is 5.25 Å². The molecule has 0 saturated carbocycles. The van der Waals surface area contributed by atoms with E-state index in [0.29, 0.717) is 13.2 Å². The zero-order valence-corrected chi connectivity index (χ0v) is 15.4. The first kappa shape index (κ1) is 17.9. The number of sulfonamides is 1. The molecule has 1 aromatic carbocycles. The van der Waals surface area contributed by atoms with Crippen molar-refractivity contribution in [2.75, 3.05) is 0 Å². The van der Waals surface area contributed by atoms with Crippen molar-refractivity contribution < 1.29 is 13.2 Å². The van der Waals surface area contributed by atoms with Gasteiger partial charge < -0.3 is 4.74 Å². The SMILES string of the molecule is CC1CC[C@H](C)N(Cc2ccc(OCc3cccnc3)cc2)S1(=O)=O. The number of pyridine rings is 1. The lowest BCUT2D eigenvalue weighted by Gasteiger charge is -2.36. The Balaban J connectivity index is 1.64. The molecule has 0 bridgehead atoms. The Morgan fingerprint density at radius 2 is 1.88 bits per heavy atom. The molecule has 2 aromatic rings. The van der Waals surface area contributed by atoms with Crippen molar-refractivity contribution >= 4 is 10.0 Å². The number of ether oxygens (including phenoxy) is 1. The van der Waals surface area contributed by atoms with E-state index in [2.05, 4.69) is 4.98 Å². The van der Waals surface area contributed by atoms with Gasteiger partial charge in [-0.2, -0.15) is 4.31 Å². The van der Waals surface area contributed by atoms with Crippen LogP contribution >= 0.6 is 0 Å². The highest BCUT2D eigenvalue weighted by atomic mass is 32.2. The summed E-state index contributed by atoms with van der Waals surface area (Å²) in [5.74, 6) is 0.760. The Labute approximate surface area is 149 Å². The number of benzene rings is 1. The molecule has 25 heavy (non-hydrogen) atoms. The Morgan fingerprint density at radius 1 is 1.12 bits per heavy atom. The minimum absolute atomic E-state index is 0.0442. The van der Waals surface area contributed by atoms with Gasteiger partial charge in [0.25, 0.3) is 0 Å². The molecule has 134 valence electrons. The number of hydrogen-bond acceptors (Lipinski definition) is 4. The number of nitrogens with zero attached hydrogens (tertiary/aromatic N) is 2. The van der Waals surface area contributed by atoms with Crippen molar-refractivity contribution in [3.05, 3.63) is 59.9 Å². The molecule has 2 heterocycles. The highest BCUT2D eigenvalue weighted by Crippen LogP contribution is 2.28. The van der Waals surface area contributed by atoms with Crippen LogP contribution in [0.3, 0.4) is 0 Å². The summed E-state index contributed by atoms with van der Waals surface area (Å²) < 4.78 is 32.5. The highest BCUT2D eigenvalue weighted by molar-refractivity contribution is 7.89. The molecule has 1 fully saturated rings. The maximum atomic E-state index is 12.5. The lowest BCUT2D eigenvalue weighted by atomic mass is 10.1. The van der Waals surface area contributed by atoms with E-state index < -0.39 is 10.0 Å². The first-order chi connectivity index (χ1) is 12.0. The lowest BCUT2D eigenvalue weighted by molar-refractivity contribution is 0.283. The van der Waals surface area contributed by atoms with Crippen LogP contribution in [0.2, 0.25) is 0 Å². The maximum Gasteiger partial charge on any atom is 0.217 e. The molecule has 3 rings (SSSR count). The van der Waals surface area contributed by atoms with Crippen LogP contribution in [-0.4, -0.2) is 29.0 Å². The Kier molecular flexibility index (Phi) is 5.39. The Morgan fingerprint density at radius 3 is 2.56 bits per heavy atom. The summed E-state index contributed by atoms with van der Waals surface area (Å²) in [5, 5.41) is -0.300. The van der Waals surface area contributed by atoms with E-state index in [4.69, 9.17) is 4.74 Å². The minimum Gasteiger partial charge on any atom is -0.489 e. The van der Waals surface area contributed by atoms with E-state index in [0.717, 1.165) is 29.7 Å². The standard InChI is InChI=1S/C19H24N2O3S/c1-15-5-6-16(2)25(22,23)21(15)13-17-7-9-19(10-8-17)24-14-18-4-3-11-20-12-18/h3-4,7-12,15-16H,5-6,13-14H2,1-2H3/t15-,16?/m0/s1. The molecule has 1 saturated heterocycles. The van der Waals surface area contributed by atoms with Crippen LogP contribution in [0, 0.1) is 0 Å². The molecule has 1 unspecified atom stereocenters. The van der Waals surface area contributed by atoms with Gasteiger partial charge >= 0.3 is 0 Å². The summed E-state index contributed by atoms with van der Waals surface area (Å²) in [5.41, 5.74) is 1.98. The molecular weight excluding hydrogens is 336 g/mol. The summed E-state index contributed by atoms with van der Waals surface area (Å²) in [6.07, 6.45) is 5.15. The van der Waals surface area contributed by atoms with Gasteiger partial charge in [-0.25, -0.2) is 8.42 Å². The molecule has 0 radical (unpaired) electrons. The summed E-state index contributed by atoms with van der Waals surface area (Å²) in [7, 11) is -3.21. The molecular formula is C19H24N2O3S. The summed E-state index contributed by atoms with van der Waals surface area (Å²) in [6, 6.07) is 11.5. The third kappa shape index (κ3) is 4.19. The second-order valence-corrected chi connectivity index (χ2v) is 8.92. The van der Waals surface area contributed by atoms with E-state index >= 15 is 0 Å². The van der Waals surface area contributed by atoms with Gasteiger partial charge in [-0.1, -0.05) is 18.2 Å². The van der Waals surface area contributed by atoms with Crippen LogP contribution in [0.25, 0.3) is 0 Å². The van der Waals surface area contributed by atoms with Crippen LogP contribution in [0.4, 0.5) is 0 Å². The van der Waals surface area contributed by atoms with Gasteiger partial charge in [0.2, 0.25) is 10.0 Å². The average molecular weight is 360 g/mol. The molecule has 0 spiro atoms. The predicted molar refractivity (Wildman–Crippen MR) is 97.6 cm³/mol. The van der Waals surface area contributed by atoms with Crippen LogP contribution in [0.15, 0.2) is 48.8 Å². The molecule has 1 aromatic heterocycles. The average Bonchev–Trinajstić information content (AvgIpc) is 2.62. The normalized spacial score (nSPS) is 23.3. The van der Waals surface area contributed by atoms with Crippen LogP contribution in [0.5, 0.6) is 5.75 Å². The molecule has 0 aliphatic carbocycles. The van der Waals surface area contributed by atoms with Crippen molar-refractivity contribution in [1.29, 1.82) is 0 Å². The monoisotopic (exact) mass is 360 g/mol. The van der Waals surface area contributed by atoms with Gasteiger partial charge in [0.1, 0.15) is 12.4 Å². The van der Waals surface area contributed by atoms with Crippen LogP contribution in [-0.2, 0) is 23.2 Å². The van der Waals surface area contributed by atoms with E-state index in [1.54, 1.807) is 23.6 Å². The van der Waals surface area contributed by atoms with E-state index in [-0.39, 0.29) is 11.3 Å². The quantitative estimate of drug-likeness (QED) is 0.820. The van der Waals surface area contributed by atoms with E-state index in [1.165, 1.54) is 0 Å². The molecule has 1 aliphatic rings. The Hall–Kier alpha value is -1.92. The smallest absolute Gasteiger partial charge is 0.217 e. The van der Waals surface area contributed by atoms with Gasteiger partial charge in [0.15, 0.2) is 0 Å². The number of hydrogen-bond donors (Lipinski definition) is 0. The van der Waals surface area contributed by atoms with E-state index in [9.17, 15) is 8.42 Å². The summed E-state index contributed by atoms with van der Waals surface area (Å²) in [4.78, 5) is 4.06. The second-order valence-electron chi connectivity index (χ2n) is 6.62. The number of aromatic nitrogens is 1. The molecule has 0 N–H and O–H groups in total.